The van der Waals surface area contributed by atoms with Crippen molar-refractivity contribution in [3.8, 4) is 0 Å². The highest BCUT2D eigenvalue weighted by molar-refractivity contribution is 7.90. The Morgan fingerprint density at radius 1 is 1.37 bits per heavy atom. The molecule has 1 aromatic rings. The maximum Gasteiger partial charge on any atom is 0.186 e. The SMILES string of the molecule is CN(CCS(C)(=O)=O)c1nc(C(C)(C)C)c(C=O)s1. The van der Waals surface area contributed by atoms with E-state index < -0.39 is 9.84 Å². The van der Waals surface area contributed by atoms with Gasteiger partial charge in [0.2, 0.25) is 0 Å². The van der Waals surface area contributed by atoms with Crippen molar-refractivity contribution in [3.05, 3.63) is 10.6 Å². The maximum absolute atomic E-state index is 11.2. The number of carbonyl (C=O) groups excluding carboxylic acids is 1. The van der Waals surface area contributed by atoms with E-state index in [4.69, 9.17) is 0 Å². The van der Waals surface area contributed by atoms with E-state index in [0.29, 0.717) is 16.6 Å². The monoisotopic (exact) mass is 304 g/mol. The molecule has 0 aliphatic heterocycles. The van der Waals surface area contributed by atoms with Crippen molar-refractivity contribution in [2.45, 2.75) is 26.2 Å². The van der Waals surface area contributed by atoms with Gasteiger partial charge in [0.25, 0.3) is 0 Å². The van der Waals surface area contributed by atoms with Gasteiger partial charge < -0.3 is 4.90 Å². The van der Waals surface area contributed by atoms with Crippen LogP contribution >= 0.6 is 11.3 Å². The molecule has 108 valence electrons. The van der Waals surface area contributed by atoms with Gasteiger partial charge in [-0.15, -0.1) is 0 Å². The van der Waals surface area contributed by atoms with E-state index in [2.05, 4.69) is 4.98 Å². The van der Waals surface area contributed by atoms with Crippen molar-refractivity contribution in [3.63, 3.8) is 0 Å². The number of aldehydes is 1. The first-order valence-corrected chi connectivity index (χ1v) is 8.77. The first-order chi connectivity index (χ1) is 8.54. The highest BCUT2D eigenvalue weighted by atomic mass is 32.2. The topological polar surface area (TPSA) is 67.3 Å². The van der Waals surface area contributed by atoms with E-state index in [1.165, 1.54) is 17.6 Å². The van der Waals surface area contributed by atoms with Gasteiger partial charge in [0.05, 0.1) is 16.3 Å². The van der Waals surface area contributed by atoms with Crippen molar-refractivity contribution < 1.29 is 13.2 Å². The lowest BCUT2D eigenvalue weighted by Gasteiger charge is -2.17. The largest absolute Gasteiger partial charge is 0.350 e. The van der Waals surface area contributed by atoms with Gasteiger partial charge in [-0.2, -0.15) is 0 Å². The number of nitrogens with zero attached hydrogens (tertiary/aromatic N) is 2. The minimum atomic E-state index is -3.00. The van der Waals surface area contributed by atoms with Gasteiger partial charge in [-0.1, -0.05) is 32.1 Å². The number of rotatable bonds is 5. The molecule has 1 rings (SSSR count). The molecule has 0 atom stereocenters. The summed E-state index contributed by atoms with van der Waals surface area (Å²) in [6.45, 7) is 6.36. The molecule has 1 heterocycles. The number of hydrogen-bond acceptors (Lipinski definition) is 6. The molecule has 0 amide bonds. The number of anilines is 1. The summed E-state index contributed by atoms with van der Waals surface area (Å²) in [6.07, 6.45) is 2.02. The van der Waals surface area contributed by atoms with Gasteiger partial charge in [-0.3, -0.25) is 4.79 Å². The molecule has 7 heteroatoms. The summed E-state index contributed by atoms with van der Waals surface area (Å²) in [4.78, 5) is 17.9. The molecule has 0 saturated heterocycles. The second-order valence-corrected chi connectivity index (χ2v) is 8.90. The molecule has 0 fully saturated rings. The minimum absolute atomic E-state index is 0.0738. The summed E-state index contributed by atoms with van der Waals surface area (Å²) in [5, 5.41) is 0.677. The van der Waals surface area contributed by atoms with Gasteiger partial charge in [0.15, 0.2) is 11.4 Å². The number of thiazole rings is 1. The number of carbonyl (C=O) groups is 1. The smallest absolute Gasteiger partial charge is 0.186 e. The summed E-state index contributed by atoms with van der Waals surface area (Å²) < 4.78 is 22.3. The van der Waals surface area contributed by atoms with Crippen LogP contribution in [0.5, 0.6) is 0 Å². The molecule has 0 bridgehead atoms. The van der Waals surface area contributed by atoms with E-state index in [1.807, 2.05) is 20.8 Å². The molecule has 0 spiro atoms. The third-order valence-corrected chi connectivity index (χ3v) is 4.60. The maximum atomic E-state index is 11.2. The van der Waals surface area contributed by atoms with Gasteiger partial charge in [0, 0.05) is 25.3 Å². The molecule has 0 radical (unpaired) electrons. The molecule has 19 heavy (non-hydrogen) atoms. The number of hydrogen-bond donors (Lipinski definition) is 0. The van der Waals surface area contributed by atoms with Crippen LogP contribution < -0.4 is 4.90 Å². The van der Waals surface area contributed by atoms with Crippen LogP contribution in [-0.4, -0.2) is 45.3 Å². The molecule has 5 nitrogen and oxygen atoms in total. The standard InChI is InChI=1S/C12H20N2O3S2/c1-12(2,3)10-9(8-15)18-11(13-10)14(4)6-7-19(5,16)17/h8H,6-7H2,1-5H3. The quantitative estimate of drug-likeness (QED) is 0.775. The predicted molar refractivity (Wildman–Crippen MR) is 79.2 cm³/mol. The Labute approximate surface area is 118 Å². The van der Waals surface area contributed by atoms with E-state index in [1.54, 1.807) is 11.9 Å². The molecule has 0 unspecified atom stereocenters. The van der Waals surface area contributed by atoms with E-state index in [-0.39, 0.29) is 11.2 Å². The van der Waals surface area contributed by atoms with E-state index in [9.17, 15) is 13.2 Å². The van der Waals surface area contributed by atoms with Gasteiger partial charge in [-0.25, -0.2) is 13.4 Å². The van der Waals surface area contributed by atoms with Crippen molar-refractivity contribution >= 4 is 32.6 Å². The van der Waals surface area contributed by atoms with Crippen molar-refractivity contribution in [1.29, 1.82) is 0 Å². The van der Waals surface area contributed by atoms with Crippen LogP contribution in [-0.2, 0) is 15.3 Å². The first-order valence-electron chi connectivity index (χ1n) is 5.90. The van der Waals surface area contributed by atoms with Crippen molar-refractivity contribution in [2.75, 3.05) is 30.5 Å². The van der Waals surface area contributed by atoms with Crippen LogP contribution in [0.15, 0.2) is 0 Å². The van der Waals surface area contributed by atoms with Gasteiger partial charge >= 0.3 is 0 Å². The average Bonchev–Trinajstić information content (AvgIpc) is 2.68. The van der Waals surface area contributed by atoms with E-state index >= 15 is 0 Å². The van der Waals surface area contributed by atoms with Crippen LogP contribution in [0.3, 0.4) is 0 Å². The lowest BCUT2D eigenvalue weighted by atomic mass is 9.91. The molecule has 0 aliphatic carbocycles. The zero-order valence-corrected chi connectivity index (χ0v) is 13.6. The fraction of sp³-hybridized carbons (Fsp3) is 0.667. The van der Waals surface area contributed by atoms with Crippen LogP contribution in [0.1, 0.15) is 36.1 Å². The summed E-state index contributed by atoms with van der Waals surface area (Å²) in [5.41, 5.74) is 0.552. The highest BCUT2D eigenvalue weighted by Crippen LogP contribution is 2.32. The van der Waals surface area contributed by atoms with Gasteiger partial charge in [0.1, 0.15) is 9.84 Å². The fourth-order valence-corrected chi connectivity index (χ4v) is 3.18. The fourth-order valence-electron chi connectivity index (χ4n) is 1.50. The van der Waals surface area contributed by atoms with Crippen LogP contribution in [0, 0.1) is 0 Å². The Morgan fingerprint density at radius 3 is 2.32 bits per heavy atom. The Balaban J connectivity index is 2.96. The average molecular weight is 304 g/mol. The summed E-state index contributed by atoms with van der Waals surface area (Å²) in [6, 6.07) is 0. The van der Waals surface area contributed by atoms with Crippen LogP contribution in [0.25, 0.3) is 0 Å². The minimum Gasteiger partial charge on any atom is -0.350 e. The van der Waals surface area contributed by atoms with E-state index in [0.717, 1.165) is 12.0 Å². The predicted octanol–water partition coefficient (Wildman–Crippen LogP) is 1.73. The Morgan fingerprint density at radius 2 is 1.95 bits per heavy atom. The molecule has 0 saturated carbocycles. The third kappa shape index (κ3) is 4.58. The highest BCUT2D eigenvalue weighted by Gasteiger charge is 2.24. The number of aromatic nitrogens is 1. The second kappa shape index (κ2) is 5.58. The lowest BCUT2D eigenvalue weighted by molar-refractivity contribution is 0.112. The van der Waals surface area contributed by atoms with Gasteiger partial charge in [-0.05, 0) is 0 Å². The normalized spacial score (nSPS) is 12.5. The zero-order chi connectivity index (χ0) is 14.8. The van der Waals surface area contributed by atoms with Crippen LogP contribution in [0.2, 0.25) is 0 Å². The first kappa shape index (κ1) is 16.1. The number of sulfone groups is 1. The lowest BCUT2D eigenvalue weighted by Crippen LogP contribution is -2.25. The molecular weight excluding hydrogens is 284 g/mol. The molecule has 0 N–H and O–H groups in total. The molecule has 1 aromatic heterocycles. The molecular formula is C12H20N2O3S2. The third-order valence-electron chi connectivity index (χ3n) is 2.58. The Kier molecular flexibility index (Phi) is 4.73. The van der Waals surface area contributed by atoms with Crippen LogP contribution in [0.4, 0.5) is 5.13 Å². The second-order valence-electron chi connectivity index (χ2n) is 5.63. The molecule has 0 aromatic carbocycles. The van der Waals surface area contributed by atoms with Crippen molar-refractivity contribution in [1.82, 2.24) is 4.98 Å². The summed E-state index contributed by atoms with van der Waals surface area (Å²) in [5.74, 6) is 0.0738. The van der Waals surface area contributed by atoms with Crippen molar-refractivity contribution in [2.24, 2.45) is 0 Å². The summed E-state index contributed by atoms with van der Waals surface area (Å²) >= 11 is 1.30. The Hall–Kier alpha value is -0.950. The summed E-state index contributed by atoms with van der Waals surface area (Å²) in [7, 11) is -1.22. The Bertz CT molecular complexity index is 556. The zero-order valence-electron chi connectivity index (χ0n) is 11.9. The molecule has 0 aliphatic rings.